The molecule has 0 spiro atoms. The molecule has 1 unspecified atom stereocenters. The Bertz CT molecular complexity index is 587. The second kappa shape index (κ2) is 5.25. The number of rotatable bonds is 2. The Morgan fingerprint density at radius 1 is 1.42 bits per heavy atom. The maximum atomic E-state index is 5.90. The Hall–Kier alpha value is -1.49. The molecule has 2 aromatic rings. The summed E-state index contributed by atoms with van der Waals surface area (Å²) in [6.45, 7) is 4.35. The summed E-state index contributed by atoms with van der Waals surface area (Å²) in [5, 5.41) is 1.75. The van der Waals surface area contributed by atoms with E-state index in [0.29, 0.717) is 5.25 Å². The molecule has 0 amide bonds. The van der Waals surface area contributed by atoms with Crippen molar-refractivity contribution in [2.45, 2.75) is 18.6 Å². The average molecular weight is 274 g/mol. The molecule has 0 saturated carbocycles. The third-order valence-electron chi connectivity index (χ3n) is 3.53. The molecule has 1 fully saturated rings. The number of hydrogen-bond donors (Lipinski definition) is 1. The topological polar surface area (TPSA) is 55.0 Å². The van der Waals surface area contributed by atoms with E-state index in [1.165, 1.54) is 6.42 Å². The van der Waals surface area contributed by atoms with Gasteiger partial charge in [-0.3, -0.25) is 0 Å². The van der Waals surface area contributed by atoms with Crippen LogP contribution in [0.1, 0.15) is 13.3 Å². The quantitative estimate of drug-likeness (QED) is 0.853. The minimum Gasteiger partial charge on any atom is -0.399 e. The first-order valence-electron chi connectivity index (χ1n) is 6.64. The highest BCUT2D eigenvalue weighted by molar-refractivity contribution is 8.00. The van der Waals surface area contributed by atoms with Crippen LogP contribution < -0.4 is 10.6 Å². The Labute approximate surface area is 117 Å². The fraction of sp³-hybridized carbons (Fsp3) is 0.429. The average Bonchev–Trinajstić information content (AvgIpc) is 2.46. The highest BCUT2D eigenvalue weighted by Crippen LogP contribution is 2.29. The first kappa shape index (κ1) is 12.5. The van der Waals surface area contributed by atoms with Crippen LogP contribution in [0.15, 0.2) is 24.5 Å². The van der Waals surface area contributed by atoms with Crippen molar-refractivity contribution in [1.29, 1.82) is 0 Å². The van der Waals surface area contributed by atoms with Gasteiger partial charge in [0, 0.05) is 35.2 Å². The minimum atomic E-state index is 0.694. The number of thioether (sulfide) groups is 1. The van der Waals surface area contributed by atoms with E-state index in [9.17, 15) is 0 Å². The highest BCUT2D eigenvalue weighted by atomic mass is 32.2. The number of anilines is 2. The smallest absolute Gasteiger partial charge is 0.140 e. The molecule has 100 valence electrons. The van der Waals surface area contributed by atoms with Crippen molar-refractivity contribution in [3.63, 3.8) is 0 Å². The third kappa shape index (κ3) is 2.47. The number of nitrogens with two attached hydrogens (primary N) is 1. The molecule has 1 aromatic heterocycles. The van der Waals surface area contributed by atoms with Crippen LogP contribution in [0.2, 0.25) is 0 Å². The summed E-state index contributed by atoms with van der Waals surface area (Å²) in [7, 11) is 0. The summed E-state index contributed by atoms with van der Waals surface area (Å²) in [5.74, 6) is 2.18. The number of nitrogen functional groups attached to an aromatic ring is 1. The van der Waals surface area contributed by atoms with Crippen LogP contribution in [0, 0.1) is 0 Å². The molecular formula is C14H18N4S. The van der Waals surface area contributed by atoms with Crippen molar-refractivity contribution in [1.82, 2.24) is 9.97 Å². The molecule has 5 heteroatoms. The summed E-state index contributed by atoms with van der Waals surface area (Å²) in [4.78, 5) is 11.2. The van der Waals surface area contributed by atoms with Gasteiger partial charge in [-0.05, 0) is 24.6 Å². The van der Waals surface area contributed by atoms with Crippen LogP contribution in [0.5, 0.6) is 0 Å². The van der Waals surface area contributed by atoms with Gasteiger partial charge in [0.05, 0.1) is 5.52 Å². The van der Waals surface area contributed by atoms with Gasteiger partial charge in [0.15, 0.2) is 0 Å². The Kier molecular flexibility index (Phi) is 3.46. The first-order valence-corrected chi connectivity index (χ1v) is 7.69. The van der Waals surface area contributed by atoms with Crippen molar-refractivity contribution in [3.05, 3.63) is 24.5 Å². The number of aromatic nitrogens is 2. The maximum Gasteiger partial charge on any atom is 0.140 e. The molecule has 1 aliphatic heterocycles. The summed E-state index contributed by atoms with van der Waals surface area (Å²) in [6, 6.07) is 5.83. The fourth-order valence-corrected chi connectivity index (χ4v) is 3.65. The minimum absolute atomic E-state index is 0.694. The van der Waals surface area contributed by atoms with Crippen LogP contribution in [0.4, 0.5) is 11.5 Å². The van der Waals surface area contributed by atoms with Crippen LogP contribution >= 0.6 is 11.8 Å². The van der Waals surface area contributed by atoms with Crippen molar-refractivity contribution in [2.24, 2.45) is 0 Å². The van der Waals surface area contributed by atoms with Crippen molar-refractivity contribution in [3.8, 4) is 0 Å². The van der Waals surface area contributed by atoms with E-state index < -0.39 is 0 Å². The summed E-state index contributed by atoms with van der Waals surface area (Å²) in [5.41, 5.74) is 7.63. The third-order valence-corrected chi connectivity index (χ3v) is 4.90. The number of benzene rings is 1. The zero-order valence-electron chi connectivity index (χ0n) is 11.0. The molecule has 1 aliphatic rings. The van der Waals surface area contributed by atoms with E-state index in [2.05, 4.69) is 33.6 Å². The Morgan fingerprint density at radius 3 is 3.16 bits per heavy atom. The SMILES string of the molecule is CCC1CN(c2ncnc3ccc(N)cc23)CCS1. The molecule has 4 nitrogen and oxygen atoms in total. The lowest BCUT2D eigenvalue weighted by molar-refractivity contribution is 0.722. The zero-order valence-corrected chi connectivity index (χ0v) is 11.9. The fourth-order valence-electron chi connectivity index (χ4n) is 2.47. The van der Waals surface area contributed by atoms with Gasteiger partial charge in [-0.25, -0.2) is 9.97 Å². The van der Waals surface area contributed by atoms with E-state index in [0.717, 1.165) is 41.3 Å². The van der Waals surface area contributed by atoms with Crippen LogP contribution in [0.25, 0.3) is 10.9 Å². The standard InChI is InChI=1S/C14H18N4S/c1-2-11-8-18(5-6-19-11)14-12-7-10(15)3-4-13(12)16-9-17-14/h3-4,7,9,11H,2,5-6,8,15H2,1H3. The number of nitrogens with zero attached hydrogens (tertiary/aromatic N) is 3. The van der Waals surface area contributed by atoms with Gasteiger partial charge in [-0.15, -0.1) is 0 Å². The molecule has 2 heterocycles. The molecule has 3 rings (SSSR count). The summed E-state index contributed by atoms with van der Waals surface area (Å²) >= 11 is 2.06. The molecule has 1 atom stereocenters. The highest BCUT2D eigenvalue weighted by Gasteiger charge is 2.21. The van der Waals surface area contributed by atoms with Gasteiger partial charge in [-0.1, -0.05) is 6.92 Å². The number of fused-ring (bicyclic) bond motifs is 1. The largest absolute Gasteiger partial charge is 0.399 e. The zero-order chi connectivity index (χ0) is 13.2. The van der Waals surface area contributed by atoms with Gasteiger partial charge < -0.3 is 10.6 Å². The second-order valence-corrected chi connectivity index (χ2v) is 6.23. The molecule has 0 aliphatic carbocycles. The maximum absolute atomic E-state index is 5.90. The van der Waals surface area contributed by atoms with Crippen LogP contribution in [-0.4, -0.2) is 34.1 Å². The van der Waals surface area contributed by atoms with Gasteiger partial charge in [-0.2, -0.15) is 11.8 Å². The predicted molar refractivity (Wildman–Crippen MR) is 82.7 cm³/mol. The van der Waals surface area contributed by atoms with E-state index in [4.69, 9.17) is 5.73 Å². The Morgan fingerprint density at radius 2 is 2.32 bits per heavy atom. The number of hydrogen-bond acceptors (Lipinski definition) is 5. The molecule has 19 heavy (non-hydrogen) atoms. The van der Waals surface area contributed by atoms with Gasteiger partial charge in [0.25, 0.3) is 0 Å². The molecule has 1 aromatic carbocycles. The van der Waals surface area contributed by atoms with Crippen LogP contribution in [0.3, 0.4) is 0 Å². The van der Waals surface area contributed by atoms with E-state index in [1.807, 2.05) is 18.2 Å². The molecular weight excluding hydrogens is 256 g/mol. The van der Waals surface area contributed by atoms with Gasteiger partial charge in [0.1, 0.15) is 12.1 Å². The van der Waals surface area contributed by atoms with Gasteiger partial charge in [0.2, 0.25) is 0 Å². The van der Waals surface area contributed by atoms with Crippen molar-refractivity contribution >= 4 is 34.2 Å². The molecule has 2 N–H and O–H groups in total. The van der Waals surface area contributed by atoms with Crippen molar-refractivity contribution < 1.29 is 0 Å². The summed E-state index contributed by atoms with van der Waals surface area (Å²) in [6.07, 6.45) is 2.85. The van der Waals surface area contributed by atoms with E-state index >= 15 is 0 Å². The molecule has 0 radical (unpaired) electrons. The van der Waals surface area contributed by atoms with E-state index in [1.54, 1.807) is 6.33 Å². The summed E-state index contributed by atoms with van der Waals surface area (Å²) < 4.78 is 0. The Balaban J connectivity index is 2.02. The molecule has 0 bridgehead atoms. The van der Waals surface area contributed by atoms with E-state index in [-0.39, 0.29) is 0 Å². The normalized spacial score (nSPS) is 19.8. The monoisotopic (exact) mass is 274 g/mol. The lowest BCUT2D eigenvalue weighted by atomic mass is 10.2. The van der Waals surface area contributed by atoms with Crippen LogP contribution in [-0.2, 0) is 0 Å². The van der Waals surface area contributed by atoms with Crippen molar-refractivity contribution in [2.75, 3.05) is 29.5 Å². The second-order valence-electron chi connectivity index (χ2n) is 4.82. The predicted octanol–water partition coefficient (Wildman–Crippen LogP) is 2.54. The lowest BCUT2D eigenvalue weighted by Gasteiger charge is -2.33. The van der Waals surface area contributed by atoms with Gasteiger partial charge >= 0.3 is 0 Å². The first-order chi connectivity index (χ1) is 9.28. The lowest BCUT2D eigenvalue weighted by Crippen LogP contribution is -2.38. The molecule has 1 saturated heterocycles.